The molecule has 1 rings (SSSR count). The fourth-order valence-electron chi connectivity index (χ4n) is 1.60. The van der Waals surface area contributed by atoms with Crippen molar-refractivity contribution in [1.29, 1.82) is 0 Å². The van der Waals surface area contributed by atoms with Gasteiger partial charge in [-0.3, -0.25) is 9.59 Å². The number of benzene rings is 1. The normalized spacial score (nSPS) is 11.1. The number of rotatable bonds is 9. The monoisotopic (exact) mass is 353 g/mol. The second-order valence-corrected chi connectivity index (χ2v) is 4.83. The summed E-state index contributed by atoms with van der Waals surface area (Å²) in [4.78, 5) is 44.9. The van der Waals surface area contributed by atoms with Crippen LogP contribution in [0.25, 0.3) is 0 Å². The van der Waals surface area contributed by atoms with Crippen LogP contribution in [-0.4, -0.2) is 59.8 Å². The van der Waals surface area contributed by atoms with Gasteiger partial charge in [0.2, 0.25) is 11.8 Å². The Labute approximate surface area is 143 Å². The minimum Gasteiger partial charge on any atom is -0.480 e. The maximum Gasteiger partial charge on any atom is 0.407 e. The van der Waals surface area contributed by atoms with Gasteiger partial charge in [0, 0.05) is 0 Å². The van der Waals surface area contributed by atoms with E-state index in [9.17, 15) is 19.2 Å². The molecule has 1 aromatic carbocycles. The van der Waals surface area contributed by atoms with Crippen LogP contribution in [0.15, 0.2) is 30.3 Å². The van der Waals surface area contributed by atoms with Gasteiger partial charge in [-0.1, -0.05) is 30.3 Å². The zero-order valence-electron chi connectivity index (χ0n) is 13.2. The summed E-state index contributed by atoms with van der Waals surface area (Å²) >= 11 is 0. The predicted octanol–water partition coefficient (Wildman–Crippen LogP) is -1.41. The molecule has 136 valence electrons. The molecule has 10 nitrogen and oxygen atoms in total. The average Bonchev–Trinajstić information content (AvgIpc) is 2.61. The molecular weight excluding hydrogens is 334 g/mol. The van der Waals surface area contributed by atoms with Crippen molar-refractivity contribution in [3.05, 3.63) is 35.9 Å². The highest BCUT2D eigenvalue weighted by Crippen LogP contribution is 2.00. The number of carbonyl (C=O) groups is 4. The Morgan fingerprint density at radius 1 is 1.00 bits per heavy atom. The van der Waals surface area contributed by atoms with Gasteiger partial charge in [0.25, 0.3) is 0 Å². The number of nitrogens with one attached hydrogen (secondary N) is 3. The van der Waals surface area contributed by atoms with Crippen LogP contribution in [0.2, 0.25) is 0 Å². The van der Waals surface area contributed by atoms with Gasteiger partial charge in [-0.15, -0.1) is 0 Å². The minimum absolute atomic E-state index is 0.0500. The van der Waals surface area contributed by atoms with E-state index < -0.39 is 49.6 Å². The molecule has 0 aliphatic rings. The minimum atomic E-state index is -1.45. The Hall–Kier alpha value is -3.14. The first-order valence-corrected chi connectivity index (χ1v) is 7.26. The van der Waals surface area contributed by atoms with E-state index in [1.54, 1.807) is 24.3 Å². The van der Waals surface area contributed by atoms with Gasteiger partial charge < -0.3 is 30.9 Å². The number of carboxylic acids is 1. The van der Waals surface area contributed by atoms with Crippen LogP contribution >= 0.6 is 0 Å². The van der Waals surface area contributed by atoms with Gasteiger partial charge in [0.15, 0.2) is 0 Å². The van der Waals surface area contributed by atoms with E-state index in [1.165, 1.54) is 0 Å². The number of carboxylic acid groups (broad SMARTS) is 1. The summed E-state index contributed by atoms with van der Waals surface area (Å²) in [5, 5.41) is 23.8. The molecule has 0 fully saturated rings. The van der Waals surface area contributed by atoms with Crippen molar-refractivity contribution >= 4 is 23.9 Å². The third-order valence-electron chi connectivity index (χ3n) is 2.87. The molecule has 0 bridgehead atoms. The highest BCUT2D eigenvalue weighted by molar-refractivity contribution is 5.89. The fraction of sp³-hybridized carbons (Fsp3) is 0.333. The lowest BCUT2D eigenvalue weighted by Crippen LogP contribution is -2.48. The predicted molar refractivity (Wildman–Crippen MR) is 84.3 cm³/mol. The van der Waals surface area contributed by atoms with Gasteiger partial charge in [-0.2, -0.15) is 0 Å². The second-order valence-electron chi connectivity index (χ2n) is 4.83. The molecule has 0 radical (unpaired) electrons. The standard InChI is InChI=1S/C15H19N3O7/c19-8-11(14(22)23)18-13(21)7-16-12(20)6-17-15(24)25-9-10-4-2-1-3-5-10/h1-5,11,19H,6-9H2,(H,16,20)(H,17,24)(H,18,21)(H,22,23)/t11-/m0/s1. The molecule has 1 atom stereocenters. The summed E-state index contributed by atoms with van der Waals surface area (Å²) in [6.07, 6.45) is -0.797. The molecule has 0 aliphatic carbocycles. The first kappa shape index (κ1) is 19.9. The Morgan fingerprint density at radius 2 is 1.64 bits per heavy atom. The van der Waals surface area contributed by atoms with Crippen molar-refractivity contribution in [2.75, 3.05) is 19.7 Å². The van der Waals surface area contributed by atoms with Crippen LogP contribution in [0.1, 0.15) is 5.56 Å². The first-order valence-electron chi connectivity index (χ1n) is 7.26. The summed E-state index contributed by atoms with van der Waals surface area (Å²) in [7, 11) is 0. The number of amides is 3. The van der Waals surface area contributed by atoms with E-state index in [-0.39, 0.29) is 6.61 Å². The topological polar surface area (TPSA) is 154 Å². The fourth-order valence-corrected chi connectivity index (χ4v) is 1.60. The van der Waals surface area contributed by atoms with Gasteiger partial charge in [0.05, 0.1) is 13.2 Å². The highest BCUT2D eigenvalue weighted by atomic mass is 16.5. The second kappa shape index (κ2) is 10.6. The van der Waals surface area contributed by atoms with Gasteiger partial charge >= 0.3 is 12.1 Å². The quantitative estimate of drug-likeness (QED) is 0.365. The van der Waals surface area contributed by atoms with Crippen LogP contribution in [0.3, 0.4) is 0 Å². The summed E-state index contributed by atoms with van der Waals surface area (Å²) in [6, 6.07) is 7.51. The SMILES string of the molecule is O=C(CNC(=O)OCc1ccccc1)NCC(=O)N[C@@H](CO)C(=O)O. The molecule has 0 aliphatic heterocycles. The van der Waals surface area contributed by atoms with Crippen molar-refractivity contribution in [2.45, 2.75) is 12.6 Å². The highest BCUT2D eigenvalue weighted by Gasteiger charge is 2.18. The van der Waals surface area contributed by atoms with Crippen molar-refractivity contribution < 1.29 is 34.1 Å². The smallest absolute Gasteiger partial charge is 0.407 e. The van der Waals surface area contributed by atoms with E-state index in [4.69, 9.17) is 14.9 Å². The number of hydrogen-bond donors (Lipinski definition) is 5. The molecule has 0 unspecified atom stereocenters. The van der Waals surface area contributed by atoms with Crippen molar-refractivity contribution in [2.24, 2.45) is 0 Å². The molecule has 0 aromatic heterocycles. The number of alkyl carbamates (subject to hydrolysis) is 1. The molecule has 10 heteroatoms. The van der Waals surface area contributed by atoms with Crippen LogP contribution in [0.4, 0.5) is 4.79 Å². The molecule has 0 spiro atoms. The van der Waals surface area contributed by atoms with E-state index >= 15 is 0 Å². The first-order chi connectivity index (χ1) is 11.9. The molecule has 1 aromatic rings. The number of hydrogen-bond acceptors (Lipinski definition) is 6. The molecule has 0 saturated carbocycles. The van der Waals surface area contributed by atoms with Gasteiger partial charge in [-0.25, -0.2) is 9.59 Å². The lowest BCUT2D eigenvalue weighted by atomic mass is 10.2. The maximum atomic E-state index is 11.5. The zero-order chi connectivity index (χ0) is 18.7. The van der Waals surface area contributed by atoms with Crippen molar-refractivity contribution in [3.8, 4) is 0 Å². The van der Waals surface area contributed by atoms with E-state index in [2.05, 4.69) is 10.6 Å². The number of aliphatic carboxylic acids is 1. The Morgan fingerprint density at radius 3 is 2.24 bits per heavy atom. The van der Waals surface area contributed by atoms with Crippen LogP contribution < -0.4 is 16.0 Å². The van der Waals surface area contributed by atoms with Gasteiger partial charge in [-0.05, 0) is 5.56 Å². The lowest BCUT2D eigenvalue weighted by Gasteiger charge is -2.12. The van der Waals surface area contributed by atoms with Crippen LogP contribution in [0.5, 0.6) is 0 Å². The van der Waals surface area contributed by atoms with E-state index in [0.717, 1.165) is 5.56 Å². The molecule has 0 heterocycles. The number of aliphatic hydroxyl groups excluding tert-OH is 1. The molecule has 0 saturated heterocycles. The zero-order valence-corrected chi connectivity index (χ0v) is 13.2. The average molecular weight is 353 g/mol. The molecule has 25 heavy (non-hydrogen) atoms. The van der Waals surface area contributed by atoms with Crippen molar-refractivity contribution in [1.82, 2.24) is 16.0 Å². The number of ether oxygens (including phenoxy) is 1. The summed E-state index contributed by atoms with van der Waals surface area (Å²) in [6.45, 7) is -1.63. The van der Waals surface area contributed by atoms with Crippen molar-refractivity contribution in [3.63, 3.8) is 0 Å². The summed E-state index contributed by atoms with van der Waals surface area (Å²) in [5.74, 6) is -2.85. The third kappa shape index (κ3) is 8.32. The molecular formula is C15H19N3O7. The maximum absolute atomic E-state index is 11.5. The number of aliphatic hydroxyl groups is 1. The molecule has 3 amide bonds. The summed E-state index contributed by atoms with van der Waals surface area (Å²) < 4.78 is 4.90. The van der Waals surface area contributed by atoms with Crippen LogP contribution in [-0.2, 0) is 25.7 Å². The van der Waals surface area contributed by atoms with E-state index in [0.29, 0.717) is 0 Å². The van der Waals surface area contributed by atoms with Gasteiger partial charge in [0.1, 0.15) is 19.2 Å². The largest absolute Gasteiger partial charge is 0.480 e. The van der Waals surface area contributed by atoms with E-state index in [1.807, 2.05) is 11.4 Å². The Balaban J connectivity index is 2.20. The molecule has 5 N–H and O–H groups in total. The Bertz CT molecular complexity index is 606. The number of carbonyl (C=O) groups excluding carboxylic acids is 3. The third-order valence-corrected chi connectivity index (χ3v) is 2.87. The summed E-state index contributed by atoms with van der Waals surface area (Å²) in [5.41, 5.74) is 0.788. The Kier molecular flexibility index (Phi) is 8.44. The lowest BCUT2D eigenvalue weighted by molar-refractivity contribution is -0.142. The van der Waals surface area contributed by atoms with Crippen LogP contribution in [0, 0.1) is 0 Å².